The van der Waals surface area contributed by atoms with Gasteiger partial charge in [0.05, 0.1) is 0 Å². The lowest BCUT2D eigenvalue weighted by Gasteiger charge is -2.06. The van der Waals surface area contributed by atoms with E-state index in [2.05, 4.69) is 10.8 Å². The number of benzene rings is 2. The van der Waals surface area contributed by atoms with Gasteiger partial charge < -0.3 is 4.72 Å². The first-order valence-electron chi connectivity index (χ1n) is 6.39. The SMILES string of the molecule is Cc1cccc(NSc2cccc(C=CC(=O)NO)c2)c1. The number of hydrogen-bond acceptors (Lipinski definition) is 4. The van der Waals surface area contributed by atoms with Crippen molar-refractivity contribution in [3.63, 3.8) is 0 Å². The van der Waals surface area contributed by atoms with Crippen molar-refractivity contribution >= 4 is 29.6 Å². The van der Waals surface area contributed by atoms with E-state index in [-0.39, 0.29) is 0 Å². The van der Waals surface area contributed by atoms with Gasteiger partial charge in [0.15, 0.2) is 0 Å². The van der Waals surface area contributed by atoms with E-state index in [1.165, 1.54) is 23.6 Å². The first-order chi connectivity index (χ1) is 10.2. The zero-order valence-corrected chi connectivity index (χ0v) is 12.4. The lowest BCUT2D eigenvalue weighted by molar-refractivity contribution is -0.124. The predicted octanol–water partition coefficient (Wildman–Crippen LogP) is 3.63. The van der Waals surface area contributed by atoms with Crippen LogP contribution in [0.15, 0.2) is 59.5 Å². The Labute approximate surface area is 128 Å². The third-order valence-electron chi connectivity index (χ3n) is 2.70. The maximum atomic E-state index is 10.9. The molecule has 2 rings (SSSR count). The Hall–Kier alpha value is -2.24. The molecule has 0 heterocycles. The third kappa shape index (κ3) is 4.98. The van der Waals surface area contributed by atoms with Crippen molar-refractivity contribution in [2.24, 2.45) is 0 Å². The highest BCUT2D eigenvalue weighted by Gasteiger charge is 1.97. The standard InChI is InChI=1S/C16H16N2O2S/c1-12-4-2-6-14(10-12)18-21-15-7-3-5-13(11-15)8-9-16(19)17-20/h2-11,18,20H,1H3,(H,17,19). The van der Waals surface area contributed by atoms with E-state index in [4.69, 9.17) is 5.21 Å². The normalized spacial score (nSPS) is 10.6. The summed E-state index contributed by atoms with van der Waals surface area (Å²) in [6, 6.07) is 15.9. The van der Waals surface area contributed by atoms with E-state index in [0.717, 1.165) is 16.1 Å². The van der Waals surface area contributed by atoms with Crippen molar-refractivity contribution in [3.8, 4) is 0 Å². The van der Waals surface area contributed by atoms with E-state index < -0.39 is 5.91 Å². The van der Waals surface area contributed by atoms with Crippen molar-refractivity contribution < 1.29 is 10.0 Å². The second-order valence-corrected chi connectivity index (χ2v) is 5.34. The molecule has 2 aromatic carbocycles. The van der Waals surface area contributed by atoms with Crippen LogP contribution in [-0.4, -0.2) is 11.1 Å². The molecule has 0 spiro atoms. The summed E-state index contributed by atoms with van der Waals surface area (Å²) in [5.41, 5.74) is 4.69. The molecule has 4 nitrogen and oxygen atoms in total. The number of hydroxylamine groups is 1. The Morgan fingerprint density at radius 3 is 2.76 bits per heavy atom. The molecule has 2 aromatic rings. The Bertz CT molecular complexity index is 656. The number of nitrogens with one attached hydrogen (secondary N) is 2. The van der Waals surface area contributed by atoms with Gasteiger partial charge >= 0.3 is 0 Å². The lowest BCUT2D eigenvalue weighted by atomic mass is 10.2. The van der Waals surface area contributed by atoms with Gasteiger partial charge in [-0.15, -0.1) is 0 Å². The highest BCUT2D eigenvalue weighted by Crippen LogP contribution is 2.22. The molecule has 0 aliphatic carbocycles. The Morgan fingerprint density at radius 1 is 1.19 bits per heavy atom. The van der Waals surface area contributed by atoms with Gasteiger partial charge in [-0.05, 0) is 60.3 Å². The highest BCUT2D eigenvalue weighted by molar-refractivity contribution is 8.00. The third-order valence-corrected chi connectivity index (χ3v) is 3.53. The van der Waals surface area contributed by atoms with Crippen LogP contribution in [0.5, 0.6) is 0 Å². The zero-order chi connectivity index (χ0) is 15.1. The number of aryl methyl sites for hydroxylation is 1. The molecule has 0 atom stereocenters. The van der Waals surface area contributed by atoms with Crippen LogP contribution in [0, 0.1) is 6.92 Å². The molecular formula is C16H16N2O2S. The smallest absolute Gasteiger partial charge is 0.267 e. The fourth-order valence-electron chi connectivity index (χ4n) is 1.72. The van der Waals surface area contributed by atoms with E-state index in [1.54, 1.807) is 11.6 Å². The predicted molar refractivity (Wildman–Crippen MR) is 86.1 cm³/mol. The zero-order valence-electron chi connectivity index (χ0n) is 11.5. The minimum Gasteiger partial charge on any atom is -0.326 e. The molecule has 0 bridgehead atoms. The van der Waals surface area contributed by atoms with Gasteiger partial charge in [-0.1, -0.05) is 24.3 Å². The number of hydrogen-bond donors (Lipinski definition) is 3. The van der Waals surface area contributed by atoms with Crippen molar-refractivity contribution in [1.29, 1.82) is 0 Å². The monoisotopic (exact) mass is 300 g/mol. The first kappa shape index (κ1) is 15.2. The summed E-state index contributed by atoms with van der Waals surface area (Å²) in [7, 11) is 0. The molecule has 0 radical (unpaired) electrons. The van der Waals surface area contributed by atoms with Gasteiger partial charge in [0.2, 0.25) is 0 Å². The van der Waals surface area contributed by atoms with E-state index in [0.29, 0.717) is 0 Å². The summed E-state index contributed by atoms with van der Waals surface area (Å²) in [4.78, 5) is 12.0. The summed E-state index contributed by atoms with van der Waals surface area (Å²) in [6.45, 7) is 2.05. The van der Waals surface area contributed by atoms with Crippen LogP contribution < -0.4 is 10.2 Å². The highest BCUT2D eigenvalue weighted by atomic mass is 32.2. The minimum absolute atomic E-state index is 0.550. The van der Waals surface area contributed by atoms with Crippen molar-refractivity contribution in [3.05, 3.63) is 65.7 Å². The van der Waals surface area contributed by atoms with Crippen molar-refractivity contribution in [1.82, 2.24) is 5.48 Å². The van der Waals surface area contributed by atoms with Gasteiger partial charge in [-0.25, -0.2) is 5.48 Å². The molecule has 0 saturated carbocycles. The van der Waals surface area contributed by atoms with Crippen LogP contribution in [-0.2, 0) is 4.79 Å². The number of rotatable bonds is 5. The minimum atomic E-state index is -0.550. The largest absolute Gasteiger partial charge is 0.326 e. The molecule has 0 saturated heterocycles. The summed E-state index contributed by atoms with van der Waals surface area (Å²) in [5, 5.41) is 8.44. The van der Waals surface area contributed by atoms with Crippen LogP contribution >= 0.6 is 11.9 Å². The van der Waals surface area contributed by atoms with E-state index in [9.17, 15) is 4.79 Å². The van der Waals surface area contributed by atoms with Crippen LogP contribution in [0.2, 0.25) is 0 Å². The second-order valence-electron chi connectivity index (χ2n) is 4.46. The molecule has 0 unspecified atom stereocenters. The number of amides is 1. The second kappa shape index (κ2) is 7.52. The van der Waals surface area contributed by atoms with Crippen molar-refractivity contribution in [2.75, 3.05) is 4.72 Å². The molecule has 108 valence electrons. The lowest BCUT2D eigenvalue weighted by Crippen LogP contribution is -2.14. The van der Waals surface area contributed by atoms with Gasteiger partial charge in [0.25, 0.3) is 5.91 Å². The molecule has 3 N–H and O–H groups in total. The quantitative estimate of drug-likeness (QED) is 0.341. The van der Waals surface area contributed by atoms with E-state index in [1.807, 2.05) is 49.4 Å². The number of anilines is 1. The van der Waals surface area contributed by atoms with Crippen LogP contribution in [0.4, 0.5) is 5.69 Å². The topological polar surface area (TPSA) is 61.4 Å². The molecular weight excluding hydrogens is 284 g/mol. The summed E-state index contributed by atoms with van der Waals surface area (Å²) < 4.78 is 3.28. The Morgan fingerprint density at radius 2 is 2.00 bits per heavy atom. The average Bonchev–Trinajstić information content (AvgIpc) is 2.51. The van der Waals surface area contributed by atoms with Crippen LogP contribution in [0.1, 0.15) is 11.1 Å². The summed E-state index contributed by atoms with van der Waals surface area (Å²) in [5.74, 6) is -0.550. The molecule has 0 aromatic heterocycles. The van der Waals surface area contributed by atoms with Crippen molar-refractivity contribution in [2.45, 2.75) is 11.8 Å². The molecule has 0 aliphatic heterocycles. The Kier molecular flexibility index (Phi) is 5.43. The molecule has 0 fully saturated rings. The average molecular weight is 300 g/mol. The molecule has 0 aliphatic rings. The number of carbonyl (C=O) groups excluding carboxylic acids is 1. The first-order valence-corrected chi connectivity index (χ1v) is 7.21. The molecule has 1 amide bonds. The fraction of sp³-hybridized carbons (Fsp3) is 0.0625. The van der Waals surface area contributed by atoms with Crippen LogP contribution in [0.3, 0.4) is 0 Å². The fourth-order valence-corrected chi connectivity index (χ4v) is 2.42. The van der Waals surface area contributed by atoms with Gasteiger partial charge in [-0.3, -0.25) is 10.0 Å². The summed E-state index contributed by atoms with van der Waals surface area (Å²) in [6.07, 6.45) is 2.92. The molecule has 21 heavy (non-hydrogen) atoms. The maximum Gasteiger partial charge on any atom is 0.267 e. The molecule has 5 heteroatoms. The van der Waals surface area contributed by atoms with Gasteiger partial charge in [0, 0.05) is 16.7 Å². The maximum absolute atomic E-state index is 10.9. The number of carbonyl (C=O) groups is 1. The van der Waals surface area contributed by atoms with Gasteiger partial charge in [0.1, 0.15) is 0 Å². The van der Waals surface area contributed by atoms with Gasteiger partial charge in [-0.2, -0.15) is 0 Å². The Balaban J connectivity index is 2.01. The van der Waals surface area contributed by atoms with Crippen LogP contribution in [0.25, 0.3) is 6.08 Å². The van der Waals surface area contributed by atoms with E-state index >= 15 is 0 Å². The summed E-state index contributed by atoms with van der Waals surface area (Å²) >= 11 is 1.50.